The number of carbonyl (C=O) groups is 1. The Balaban J connectivity index is 2.57. The molecule has 1 unspecified atom stereocenters. The van der Waals surface area contributed by atoms with E-state index in [9.17, 15) is 9.00 Å². The highest BCUT2D eigenvalue weighted by atomic mass is 32.2. The molecule has 0 spiro atoms. The van der Waals surface area contributed by atoms with Gasteiger partial charge in [-0.15, -0.1) is 11.3 Å². The molecule has 0 bridgehead atoms. The molecule has 1 heterocycles. The number of rotatable bonds is 5. The van der Waals surface area contributed by atoms with Gasteiger partial charge in [-0.25, -0.2) is 4.79 Å². The van der Waals surface area contributed by atoms with Crippen molar-refractivity contribution in [2.24, 2.45) is 5.92 Å². The quantitative estimate of drug-likeness (QED) is 0.867. The molecule has 0 aliphatic rings. The molecule has 0 aliphatic heterocycles. The average Bonchev–Trinajstić information content (AvgIpc) is 2.50. The van der Waals surface area contributed by atoms with Crippen LogP contribution in [0, 0.1) is 5.92 Å². The zero-order chi connectivity index (χ0) is 11.4. The summed E-state index contributed by atoms with van der Waals surface area (Å²) in [5, 5.41) is 8.71. The molecular formula is C10H14O3S2. The second-order valence-electron chi connectivity index (χ2n) is 3.72. The van der Waals surface area contributed by atoms with Crippen LogP contribution in [0.15, 0.2) is 12.1 Å². The molecule has 1 aromatic rings. The highest BCUT2D eigenvalue weighted by Crippen LogP contribution is 2.18. The number of hydrogen-bond donors (Lipinski definition) is 1. The van der Waals surface area contributed by atoms with Gasteiger partial charge in [-0.3, -0.25) is 4.21 Å². The average molecular weight is 246 g/mol. The first-order valence-corrected chi connectivity index (χ1v) is 6.96. The van der Waals surface area contributed by atoms with Gasteiger partial charge in [0.1, 0.15) is 4.88 Å². The molecule has 0 saturated carbocycles. The van der Waals surface area contributed by atoms with Crippen LogP contribution in [0.5, 0.6) is 0 Å². The van der Waals surface area contributed by atoms with Crippen LogP contribution in [0.4, 0.5) is 0 Å². The van der Waals surface area contributed by atoms with E-state index in [4.69, 9.17) is 5.11 Å². The fourth-order valence-electron chi connectivity index (χ4n) is 1.16. The Hall–Kier alpha value is -0.680. The summed E-state index contributed by atoms with van der Waals surface area (Å²) >= 11 is 1.20. The molecule has 0 aliphatic carbocycles. The van der Waals surface area contributed by atoms with E-state index in [1.54, 1.807) is 12.1 Å². The van der Waals surface area contributed by atoms with Gasteiger partial charge in [0.05, 0.1) is 5.75 Å². The summed E-state index contributed by atoms with van der Waals surface area (Å²) in [6.07, 6.45) is 0. The Morgan fingerprint density at radius 2 is 2.20 bits per heavy atom. The predicted molar refractivity (Wildman–Crippen MR) is 62.8 cm³/mol. The van der Waals surface area contributed by atoms with E-state index in [2.05, 4.69) is 0 Å². The lowest BCUT2D eigenvalue weighted by Gasteiger charge is -2.02. The third kappa shape index (κ3) is 4.13. The Bertz CT molecular complexity index is 368. The lowest BCUT2D eigenvalue weighted by atomic mass is 10.3. The highest BCUT2D eigenvalue weighted by molar-refractivity contribution is 7.84. The minimum Gasteiger partial charge on any atom is -0.477 e. The van der Waals surface area contributed by atoms with Gasteiger partial charge in [0, 0.05) is 21.4 Å². The molecule has 5 heteroatoms. The van der Waals surface area contributed by atoms with Gasteiger partial charge in [0.25, 0.3) is 0 Å². The largest absolute Gasteiger partial charge is 0.477 e. The highest BCUT2D eigenvalue weighted by Gasteiger charge is 2.10. The van der Waals surface area contributed by atoms with Crippen molar-refractivity contribution in [3.05, 3.63) is 21.9 Å². The van der Waals surface area contributed by atoms with Crippen molar-refractivity contribution in [1.82, 2.24) is 0 Å². The number of carboxylic acids is 1. The smallest absolute Gasteiger partial charge is 0.345 e. The van der Waals surface area contributed by atoms with Crippen LogP contribution in [-0.2, 0) is 16.6 Å². The van der Waals surface area contributed by atoms with E-state index in [1.165, 1.54) is 11.3 Å². The Morgan fingerprint density at radius 3 is 2.67 bits per heavy atom. The minimum atomic E-state index is -0.916. The topological polar surface area (TPSA) is 54.4 Å². The Kier molecular flexibility index (Phi) is 4.47. The summed E-state index contributed by atoms with van der Waals surface area (Å²) in [6, 6.07) is 3.31. The van der Waals surface area contributed by atoms with Gasteiger partial charge >= 0.3 is 5.97 Å². The van der Waals surface area contributed by atoms with Crippen LogP contribution in [0.25, 0.3) is 0 Å². The predicted octanol–water partition coefficient (Wildman–Crippen LogP) is 2.35. The van der Waals surface area contributed by atoms with Crippen LogP contribution >= 0.6 is 11.3 Å². The van der Waals surface area contributed by atoms with Crippen LogP contribution in [0.1, 0.15) is 28.4 Å². The van der Waals surface area contributed by atoms with E-state index in [0.717, 1.165) is 4.88 Å². The first-order chi connectivity index (χ1) is 6.99. The molecule has 0 saturated heterocycles. The molecule has 0 aromatic carbocycles. The fraction of sp³-hybridized carbons (Fsp3) is 0.500. The van der Waals surface area contributed by atoms with Crippen LogP contribution < -0.4 is 0 Å². The molecule has 0 amide bonds. The van der Waals surface area contributed by atoms with Crippen molar-refractivity contribution in [3.8, 4) is 0 Å². The minimum absolute atomic E-state index is 0.312. The zero-order valence-electron chi connectivity index (χ0n) is 8.73. The van der Waals surface area contributed by atoms with Gasteiger partial charge in [-0.2, -0.15) is 0 Å². The first kappa shape index (κ1) is 12.4. The van der Waals surface area contributed by atoms with E-state index in [1.807, 2.05) is 13.8 Å². The summed E-state index contributed by atoms with van der Waals surface area (Å²) in [4.78, 5) is 11.8. The van der Waals surface area contributed by atoms with Gasteiger partial charge in [0.2, 0.25) is 0 Å². The van der Waals surface area contributed by atoms with E-state index in [0.29, 0.717) is 22.3 Å². The molecule has 15 heavy (non-hydrogen) atoms. The van der Waals surface area contributed by atoms with Crippen molar-refractivity contribution in [3.63, 3.8) is 0 Å². The third-order valence-corrected chi connectivity index (χ3v) is 4.62. The molecule has 1 N–H and O–H groups in total. The summed E-state index contributed by atoms with van der Waals surface area (Å²) in [7, 11) is -0.884. The number of carboxylic acid groups (broad SMARTS) is 1. The van der Waals surface area contributed by atoms with Crippen molar-refractivity contribution in [2.45, 2.75) is 19.6 Å². The lowest BCUT2D eigenvalue weighted by molar-refractivity contribution is 0.0702. The maximum absolute atomic E-state index is 11.6. The Morgan fingerprint density at radius 1 is 1.53 bits per heavy atom. The first-order valence-electron chi connectivity index (χ1n) is 4.66. The van der Waals surface area contributed by atoms with Crippen molar-refractivity contribution in [1.29, 1.82) is 0 Å². The standard InChI is InChI=1S/C10H14O3S2/c1-7(2)5-15(13)6-8-3-4-9(14-8)10(11)12/h3-4,7H,5-6H2,1-2H3,(H,11,12). The maximum atomic E-state index is 11.6. The maximum Gasteiger partial charge on any atom is 0.345 e. The monoisotopic (exact) mass is 246 g/mol. The molecule has 0 radical (unpaired) electrons. The summed E-state index contributed by atoms with van der Waals surface area (Å²) in [5.41, 5.74) is 0. The molecule has 1 atom stereocenters. The molecule has 84 valence electrons. The van der Waals surface area contributed by atoms with Gasteiger partial charge in [-0.1, -0.05) is 13.8 Å². The second kappa shape index (κ2) is 5.42. The molecule has 1 rings (SSSR count). The molecular weight excluding hydrogens is 232 g/mol. The second-order valence-corrected chi connectivity index (χ2v) is 6.39. The molecule has 0 fully saturated rings. The van der Waals surface area contributed by atoms with Gasteiger partial charge < -0.3 is 5.11 Å². The van der Waals surface area contributed by atoms with E-state index >= 15 is 0 Å². The zero-order valence-corrected chi connectivity index (χ0v) is 10.4. The number of thiophene rings is 1. The van der Waals surface area contributed by atoms with Crippen LogP contribution in [0.2, 0.25) is 0 Å². The van der Waals surface area contributed by atoms with Crippen LogP contribution in [0.3, 0.4) is 0 Å². The fourth-order valence-corrected chi connectivity index (χ4v) is 3.71. The Labute approximate surface area is 95.6 Å². The summed E-state index contributed by atoms with van der Waals surface area (Å²) in [5.74, 6) is 0.627. The van der Waals surface area contributed by atoms with Crippen molar-refractivity contribution >= 4 is 28.1 Å². The molecule has 3 nitrogen and oxygen atoms in total. The summed E-state index contributed by atoms with van der Waals surface area (Å²) < 4.78 is 11.6. The molecule has 1 aromatic heterocycles. The van der Waals surface area contributed by atoms with Crippen molar-refractivity contribution in [2.75, 3.05) is 5.75 Å². The van der Waals surface area contributed by atoms with Gasteiger partial charge in [-0.05, 0) is 18.1 Å². The normalized spacial score (nSPS) is 13.0. The summed E-state index contributed by atoms with van der Waals surface area (Å²) in [6.45, 7) is 4.05. The SMILES string of the molecule is CC(C)CS(=O)Cc1ccc(C(=O)O)s1. The van der Waals surface area contributed by atoms with Crippen molar-refractivity contribution < 1.29 is 14.1 Å². The van der Waals surface area contributed by atoms with E-state index < -0.39 is 16.8 Å². The third-order valence-electron chi connectivity index (χ3n) is 1.69. The number of aromatic carboxylic acids is 1. The number of hydrogen-bond acceptors (Lipinski definition) is 3. The van der Waals surface area contributed by atoms with Crippen LogP contribution in [-0.4, -0.2) is 21.0 Å². The lowest BCUT2D eigenvalue weighted by Crippen LogP contribution is -2.05. The van der Waals surface area contributed by atoms with Gasteiger partial charge in [0.15, 0.2) is 0 Å². The van der Waals surface area contributed by atoms with E-state index in [-0.39, 0.29) is 0 Å².